The standard InChI is InChI=1S/C25H28N2O4S/c1-19-15-20(2)17-22(16-19)27(32(29,30)24-7-5-4-6-8-24)18-25(28)26-14-13-21-9-11-23(31-3)12-10-21/h4-12,15-17H,13-14,18H2,1-3H3,(H,26,28). The van der Waals surface area contributed by atoms with Crippen LogP contribution < -0.4 is 14.4 Å². The summed E-state index contributed by atoms with van der Waals surface area (Å²) in [6.45, 7) is 3.90. The summed E-state index contributed by atoms with van der Waals surface area (Å²) < 4.78 is 33.1. The highest BCUT2D eigenvalue weighted by Crippen LogP contribution is 2.25. The predicted molar refractivity (Wildman–Crippen MR) is 127 cm³/mol. The van der Waals surface area contributed by atoms with Crippen LogP contribution in [0.1, 0.15) is 16.7 Å². The predicted octanol–water partition coefficient (Wildman–Crippen LogP) is 3.87. The molecule has 6 nitrogen and oxygen atoms in total. The first-order valence-electron chi connectivity index (χ1n) is 10.4. The lowest BCUT2D eigenvalue weighted by atomic mass is 10.1. The number of carbonyl (C=O) groups excluding carboxylic acids is 1. The van der Waals surface area contributed by atoms with Crippen molar-refractivity contribution in [3.05, 3.63) is 89.5 Å². The van der Waals surface area contributed by atoms with Gasteiger partial charge in [-0.05, 0) is 73.4 Å². The van der Waals surface area contributed by atoms with E-state index in [1.165, 1.54) is 16.4 Å². The molecule has 0 aliphatic rings. The average Bonchev–Trinajstić information content (AvgIpc) is 2.77. The number of carbonyl (C=O) groups is 1. The Hall–Kier alpha value is -3.32. The van der Waals surface area contributed by atoms with Gasteiger partial charge < -0.3 is 10.1 Å². The van der Waals surface area contributed by atoms with Crippen molar-refractivity contribution in [2.45, 2.75) is 25.2 Å². The molecule has 0 unspecified atom stereocenters. The monoisotopic (exact) mass is 452 g/mol. The topological polar surface area (TPSA) is 75.7 Å². The molecule has 0 aliphatic heterocycles. The van der Waals surface area contributed by atoms with Gasteiger partial charge in [0.05, 0.1) is 17.7 Å². The minimum atomic E-state index is -3.91. The molecule has 0 aromatic heterocycles. The number of hydrogen-bond acceptors (Lipinski definition) is 4. The third kappa shape index (κ3) is 5.88. The zero-order valence-corrected chi connectivity index (χ0v) is 19.4. The van der Waals surface area contributed by atoms with Gasteiger partial charge in [-0.25, -0.2) is 8.42 Å². The molecule has 0 fully saturated rings. The SMILES string of the molecule is COc1ccc(CCNC(=O)CN(c2cc(C)cc(C)c2)S(=O)(=O)c2ccccc2)cc1. The molecule has 168 valence electrons. The Kier molecular flexibility index (Phi) is 7.53. The number of aryl methyl sites for hydroxylation is 2. The number of hydrogen-bond donors (Lipinski definition) is 1. The largest absolute Gasteiger partial charge is 0.497 e. The summed E-state index contributed by atoms with van der Waals surface area (Å²) in [5, 5.41) is 2.84. The lowest BCUT2D eigenvalue weighted by Crippen LogP contribution is -2.41. The van der Waals surface area contributed by atoms with Crippen molar-refractivity contribution in [3.8, 4) is 5.75 Å². The number of sulfonamides is 1. The van der Waals surface area contributed by atoms with Gasteiger partial charge in [-0.15, -0.1) is 0 Å². The van der Waals surface area contributed by atoms with Crippen LogP contribution in [0.25, 0.3) is 0 Å². The highest BCUT2D eigenvalue weighted by molar-refractivity contribution is 7.92. The first kappa shape index (κ1) is 23.3. The minimum Gasteiger partial charge on any atom is -0.497 e. The Bertz CT molecular complexity index is 1140. The first-order chi connectivity index (χ1) is 15.3. The van der Waals surface area contributed by atoms with E-state index in [-0.39, 0.29) is 17.3 Å². The summed E-state index contributed by atoms with van der Waals surface area (Å²) in [7, 11) is -2.30. The molecule has 0 bridgehead atoms. The van der Waals surface area contributed by atoms with E-state index in [0.29, 0.717) is 18.7 Å². The van der Waals surface area contributed by atoms with Gasteiger partial charge in [-0.1, -0.05) is 36.4 Å². The fourth-order valence-electron chi connectivity index (χ4n) is 3.45. The highest BCUT2D eigenvalue weighted by atomic mass is 32.2. The van der Waals surface area contributed by atoms with Crippen molar-refractivity contribution in [1.82, 2.24) is 5.32 Å². The minimum absolute atomic E-state index is 0.144. The van der Waals surface area contributed by atoms with Crippen molar-refractivity contribution in [1.29, 1.82) is 0 Å². The van der Waals surface area contributed by atoms with Gasteiger partial charge in [-0.2, -0.15) is 0 Å². The molecule has 0 radical (unpaired) electrons. The fourth-order valence-corrected chi connectivity index (χ4v) is 4.88. The van der Waals surface area contributed by atoms with Gasteiger partial charge in [0.1, 0.15) is 12.3 Å². The van der Waals surface area contributed by atoms with Crippen LogP contribution in [0, 0.1) is 13.8 Å². The summed E-state index contributed by atoms with van der Waals surface area (Å²) in [5.41, 5.74) is 3.37. The molecule has 32 heavy (non-hydrogen) atoms. The van der Waals surface area contributed by atoms with E-state index >= 15 is 0 Å². The maximum Gasteiger partial charge on any atom is 0.264 e. The van der Waals surface area contributed by atoms with Gasteiger partial charge in [0.2, 0.25) is 5.91 Å². The van der Waals surface area contributed by atoms with Crippen molar-refractivity contribution >= 4 is 21.6 Å². The van der Waals surface area contributed by atoms with Crippen molar-refractivity contribution in [2.75, 3.05) is 24.5 Å². The Labute approximate surface area is 189 Å². The average molecular weight is 453 g/mol. The fraction of sp³-hybridized carbons (Fsp3) is 0.240. The van der Waals surface area contributed by atoms with Crippen molar-refractivity contribution < 1.29 is 17.9 Å². The van der Waals surface area contributed by atoms with Gasteiger partial charge in [0, 0.05) is 6.54 Å². The molecule has 0 aliphatic carbocycles. The molecule has 7 heteroatoms. The molecule has 0 spiro atoms. The number of amides is 1. The zero-order valence-electron chi connectivity index (χ0n) is 18.5. The van der Waals surface area contributed by atoms with E-state index in [9.17, 15) is 13.2 Å². The van der Waals surface area contributed by atoms with Crippen LogP contribution in [0.2, 0.25) is 0 Å². The summed E-state index contributed by atoms with van der Waals surface area (Å²) in [6, 6.07) is 21.3. The normalized spacial score (nSPS) is 11.1. The number of methoxy groups -OCH3 is 1. The number of ether oxygens (including phenoxy) is 1. The van der Waals surface area contributed by atoms with E-state index in [4.69, 9.17) is 4.74 Å². The van der Waals surface area contributed by atoms with Gasteiger partial charge in [0.25, 0.3) is 10.0 Å². The molecule has 0 saturated heterocycles. The second kappa shape index (κ2) is 10.3. The van der Waals surface area contributed by atoms with E-state index in [1.54, 1.807) is 37.4 Å². The Morgan fingerprint density at radius 1 is 0.938 bits per heavy atom. The molecular formula is C25H28N2O4S. The van der Waals surface area contributed by atoms with Crippen molar-refractivity contribution in [3.63, 3.8) is 0 Å². The van der Waals surface area contributed by atoms with E-state index in [1.807, 2.05) is 44.2 Å². The van der Waals surface area contributed by atoms with Crippen LogP contribution in [0.4, 0.5) is 5.69 Å². The van der Waals surface area contributed by atoms with Gasteiger partial charge in [-0.3, -0.25) is 9.10 Å². The summed E-state index contributed by atoms with van der Waals surface area (Å²) in [6.07, 6.45) is 0.630. The molecule has 0 atom stereocenters. The maximum absolute atomic E-state index is 13.4. The summed E-state index contributed by atoms with van der Waals surface area (Å²) in [5.74, 6) is 0.408. The molecular weight excluding hydrogens is 424 g/mol. The van der Waals surface area contributed by atoms with Gasteiger partial charge in [0.15, 0.2) is 0 Å². The number of rotatable bonds is 9. The van der Waals surface area contributed by atoms with Crippen LogP contribution in [0.15, 0.2) is 77.7 Å². The number of nitrogens with zero attached hydrogens (tertiary/aromatic N) is 1. The molecule has 1 N–H and O–H groups in total. The van der Waals surface area contributed by atoms with Crippen LogP contribution in [-0.2, 0) is 21.2 Å². The second-order valence-electron chi connectivity index (χ2n) is 7.62. The van der Waals surface area contributed by atoms with Crippen LogP contribution in [0.3, 0.4) is 0 Å². The maximum atomic E-state index is 13.4. The van der Waals surface area contributed by atoms with Crippen molar-refractivity contribution in [2.24, 2.45) is 0 Å². The molecule has 3 rings (SSSR count). The number of nitrogens with one attached hydrogen (secondary N) is 1. The van der Waals surface area contributed by atoms with E-state index < -0.39 is 10.0 Å². The Morgan fingerprint density at radius 3 is 2.16 bits per heavy atom. The van der Waals surface area contributed by atoms with E-state index in [2.05, 4.69) is 5.32 Å². The molecule has 0 heterocycles. The Morgan fingerprint density at radius 2 is 1.56 bits per heavy atom. The lowest BCUT2D eigenvalue weighted by Gasteiger charge is -2.25. The van der Waals surface area contributed by atoms with Crippen LogP contribution in [0.5, 0.6) is 5.75 Å². The number of anilines is 1. The Balaban J connectivity index is 1.76. The van der Waals surface area contributed by atoms with Crippen LogP contribution >= 0.6 is 0 Å². The lowest BCUT2D eigenvalue weighted by molar-refractivity contribution is -0.119. The molecule has 3 aromatic carbocycles. The summed E-state index contributed by atoms with van der Waals surface area (Å²) >= 11 is 0. The zero-order chi connectivity index (χ0) is 23.1. The first-order valence-corrected chi connectivity index (χ1v) is 11.8. The molecule has 0 saturated carbocycles. The third-order valence-corrected chi connectivity index (χ3v) is 6.80. The smallest absolute Gasteiger partial charge is 0.264 e. The highest BCUT2D eigenvalue weighted by Gasteiger charge is 2.27. The number of benzene rings is 3. The van der Waals surface area contributed by atoms with E-state index in [0.717, 1.165) is 22.4 Å². The molecule has 3 aromatic rings. The third-order valence-electron chi connectivity index (χ3n) is 5.01. The summed E-state index contributed by atoms with van der Waals surface area (Å²) in [4.78, 5) is 12.9. The van der Waals surface area contributed by atoms with Gasteiger partial charge >= 0.3 is 0 Å². The molecule has 1 amide bonds. The second-order valence-corrected chi connectivity index (χ2v) is 9.48. The van der Waals surface area contributed by atoms with Crippen LogP contribution in [-0.4, -0.2) is 34.5 Å². The quantitative estimate of drug-likeness (QED) is 0.535.